The Morgan fingerprint density at radius 1 is 1.21 bits per heavy atom. The third-order valence-corrected chi connectivity index (χ3v) is 5.53. The molecule has 3 rings (SSSR count). The van der Waals surface area contributed by atoms with Crippen LogP contribution in [0, 0.1) is 0 Å². The highest BCUT2D eigenvalue weighted by molar-refractivity contribution is 7.12. The Morgan fingerprint density at radius 3 is 2.68 bits per heavy atom. The van der Waals surface area contributed by atoms with E-state index in [0.29, 0.717) is 35.7 Å². The Bertz CT molecular complexity index is 817. The van der Waals surface area contributed by atoms with Crippen LogP contribution in [-0.2, 0) is 9.53 Å². The first kappa shape index (κ1) is 20.1. The van der Waals surface area contributed by atoms with Crippen molar-refractivity contribution in [3.05, 3.63) is 52.2 Å². The van der Waals surface area contributed by atoms with Crippen molar-refractivity contribution in [1.29, 1.82) is 0 Å². The fourth-order valence-electron chi connectivity index (χ4n) is 3.13. The summed E-state index contributed by atoms with van der Waals surface area (Å²) in [6.07, 6.45) is 3.25. The van der Waals surface area contributed by atoms with Crippen molar-refractivity contribution in [2.75, 3.05) is 18.5 Å². The number of carbonyl (C=O) groups is 3. The van der Waals surface area contributed by atoms with E-state index in [2.05, 4.69) is 5.32 Å². The molecular weight excluding hydrogens is 376 g/mol. The van der Waals surface area contributed by atoms with E-state index in [1.807, 2.05) is 18.4 Å². The van der Waals surface area contributed by atoms with E-state index in [9.17, 15) is 14.4 Å². The van der Waals surface area contributed by atoms with Crippen molar-refractivity contribution in [3.8, 4) is 0 Å². The normalized spacial score (nSPS) is 16.0. The van der Waals surface area contributed by atoms with Crippen LogP contribution in [0.15, 0.2) is 41.8 Å². The number of nitrogens with one attached hydrogen (secondary N) is 1. The second-order valence-electron chi connectivity index (χ2n) is 6.69. The number of esters is 1. The number of amides is 2. The molecule has 0 saturated carbocycles. The molecule has 2 aromatic rings. The minimum atomic E-state index is -0.478. The third kappa shape index (κ3) is 4.78. The molecular formula is C21H24N2O4S. The van der Waals surface area contributed by atoms with E-state index >= 15 is 0 Å². The van der Waals surface area contributed by atoms with Crippen molar-refractivity contribution in [2.24, 2.45) is 0 Å². The summed E-state index contributed by atoms with van der Waals surface area (Å²) in [7, 11) is 0. The Kier molecular flexibility index (Phi) is 6.81. The maximum Gasteiger partial charge on any atom is 0.338 e. The molecule has 28 heavy (non-hydrogen) atoms. The first-order chi connectivity index (χ1) is 13.6. The molecule has 2 heterocycles. The van der Waals surface area contributed by atoms with Crippen LogP contribution in [0.5, 0.6) is 0 Å². The van der Waals surface area contributed by atoms with Crippen LogP contribution in [0.3, 0.4) is 0 Å². The lowest BCUT2D eigenvalue weighted by molar-refractivity contribution is -0.119. The molecule has 1 atom stereocenters. The summed E-state index contributed by atoms with van der Waals surface area (Å²) in [4.78, 5) is 39.5. The van der Waals surface area contributed by atoms with Gasteiger partial charge in [-0.1, -0.05) is 19.4 Å². The van der Waals surface area contributed by atoms with E-state index in [4.69, 9.17) is 4.74 Å². The Morgan fingerprint density at radius 2 is 2.00 bits per heavy atom. The second-order valence-corrected chi connectivity index (χ2v) is 7.64. The summed E-state index contributed by atoms with van der Waals surface area (Å²) >= 11 is 1.38. The third-order valence-electron chi connectivity index (χ3n) is 4.67. The predicted octanol–water partition coefficient (Wildman–Crippen LogP) is 3.95. The number of nitrogens with zero attached hydrogens (tertiary/aromatic N) is 1. The summed E-state index contributed by atoms with van der Waals surface area (Å²) in [5, 5.41) is 4.71. The largest absolute Gasteiger partial charge is 0.462 e. The van der Waals surface area contributed by atoms with Gasteiger partial charge in [-0.05, 0) is 55.0 Å². The molecule has 7 heteroatoms. The van der Waals surface area contributed by atoms with Gasteiger partial charge in [0.15, 0.2) is 0 Å². The molecule has 0 aliphatic carbocycles. The summed E-state index contributed by atoms with van der Waals surface area (Å²) < 4.78 is 5.18. The fourth-order valence-corrected chi connectivity index (χ4v) is 3.81. The number of hydrogen-bond donors (Lipinski definition) is 1. The van der Waals surface area contributed by atoms with Crippen molar-refractivity contribution in [2.45, 2.75) is 38.6 Å². The lowest BCUT2D eigenvalue weighted by Crippen LogP contribution is -2.42. The van der Waals surface area contributed by atoms with Crippen LogP contribution in [-0.4, -0.2) is 41.9 Å². The van der Waals surface area contributed by atoms with Gasteiger partial charge < -0.3 is 15.0 Å². The molecule has 1 aromatic heterocycles. The van der Waals surface area contributed by atoms with Crippen molar-refractivity contribution >= 4 is 34.8 Å². The molecule has 1 saturated heterocycles. The highest BCUT2D eigenvalue weighted by Crippen LogP contribution is 2.23. The van der Waals surface area contributed by atoms with E-state index in [1.165, 1.54) is 11.3 Å². The number of rotatable bonds is 7. The molecule has 1 aliphatic rings. The standard InChI is InChI=1S/C21H24N2O4S/c1-2-3-13-27-21(26)15-8-10-16(11-9-15)22-19(24)17-6-4-12-23(17)20(25)18-7-5-14-28-18/h5,7-11,14,17H,2-4,6,12-13H2,1H3,(H,22,24)/t17-/m0/s1. The van der Waals surface area contributed by atoms with Crippen LogP contribution >= 0.6 is 11.3 Å². The van der Waals surface area contributed by atoms with Gasteiger partial charge in [0, 0.05) is 12.2 Å². The Hall–Kier alpha value is -2.67. The zero-order valence-corrected chi connectivity index (χ0v) is 16.7. The summed E-state index contributed by atoms with van der Waals surface area (Å²) in [5.41, 5.74) is 1.04. The maximum absolute atomic E-state index is 12.7. The smallest absolute Gasteiger partial charge is 0.338 e. The second kappa shape index (κ2) is 9.50. The number of thiophene rings is 1. The van der Waals surface area contributed by atoms with Gasteiger partial charge in [0.2, 0.25) is 5.91 Å². The highest BCUT2D eigenvalue weighted by atomic mass is 32.1. The number of unbranched alkanes of at least 4 members (excludes halogenated alkanes) is 1. The van der Waals surface area contributed by atoms with E-state index in [0.717, 1.165) is 19.3 Å². The van der Waals surface area contributed by atoms with Crippen LogP contribution < -0.4 is 5.32 Å². The van der Waals surface area contributed by atoms with Gasteiger partial charge in [-0.3, -0.25) is 9.59 Å². The number of benzene rings is 1. The zero-order chi connectivity index (χ0) is 19.9. The van der Waals surface area contributed by atoms with E-state index in [1.54, 1.807) is 35.2 Å². The van der Waals surface area contributed by atoms with Gasteiger partial charge in [-0.2, -0.15) is 0 Å². The number of ether oxygens (including phenoxy) is 1. The van der Waals surface area contributed by atoms with Gasteiger partial charge in [0.05, 0.1) is 17.0 Å². The van der Waals surface area contributed by atoms with Crippen LogP contribution in [0.4, 0.5) is 5.69 Å². The van der Waals surface area contributed by atoms with E-state index in [-0.39, 0.29) is 17.8 Å². The minimum absolute atomic E-state index is 0.0992. The van der Waals surface area contributed by atoms with Gasteiger partial charge in [0.1, 0.15) is 6.04 Å². The molecule has 1 aromatic carbocycles. The molecule has 6 nitrogen and oxygen atoms in total. The summed E-state index contributed by atoms with van der Waals surface area (Å²) in [6, 6.07) is 9.74. The lowest BCUT2D eigenvalue weighted by atomic mass is 10.1. The van der Waals surface area contributed by atoms with Crippen LogP contribution in [0.2, 0.25) is 0 Å². The van der Waals surface area contributed by atoms with Crippen LogP contribution in [0.1, 0.15) is 52.6 Å². The van der Waals surface area contributed by atoms with Crippen molar-refractivity contribution in [1.82, 2.24) is 4.90 Å². The monoisotopic (exact) mass is 400 g/mol. The SMILES string of the molecule is CCCCOC(=O)c1ccc(NC(=O)[C@@H]2CCCN2C(=O)c2cccs2)cc1. The maximum atomic E-state index is 12.7. The first-order valence-corrected chi connectivity index (χ1v) is 10.4. The molecule has 148 valence electrons. The fraction of sp³-hybridized carbons (Fsp3) is 0.381. The molecule has 0 spiro atoms. The average Bonchev–Trinajstić information content (AvgIpc) is 3.40. The summed E-state index contributed by atoms with van der Waals surface area (Å²) in [6.45, 7) is 3.02. The summed E-state index contributed by atoms with van der Waals surface area (Å²) in [5.74, 6) is -0.673. The van der Waals surface area contributed by atoms with Gasteiger partial charge in [0.25, 0.3) is 5.91 Å². The van der Waals surface area contributed by atoms with Gasteiger partial charge in [-0.25, -0.2) is 4.79 Å². The molecule has 0 unspecified atom stereocenters. The number of carbonyl (C=O) groups excluding carboxylic acids is 3. The lowest BCUT2D eigenvalue weighted by Gasteiger charge is -2.23. The molecule has 0 radical (unpaired) electrons. The minimum Gasteiger partial charge on any atom is -0.462 e. The number of hydrogen-bond acceptors (Lipinski definition) is 5. The molecule has 1 aliphatic heterocycles. The quantitative estimate of drug-likeness (QED) is 0.564. The number of likely N-dealkylation sites (tertiary alicyclic amines) is 1. The van der Waals surface area contributed by atoms with Crippen LogP contribution in [0.25, 0.3) is 0 Å². The zero-order valence-electron chi connectivity index (χ0n) is 15.8. The first-order valence-electron chi connectivity index (χ1n) is 9.52. The van der Waals surface area contributed by atoms with Crippen molar-refractivity contribution in [3.63, 3.8) is 0 Å². The van der Waals surface area contributed by atoms with E-state index < -0.39 is 6.04 Å². The Balaban J connectivity index is 1.59. The predicted molar refractivity (Wildman–Crippen MR) is 109 cm³/mol. The van der Waals surface area contributed by atoms with Gasteiger partial charge in [-0.15, -0.1) is 11.3 Å². The van der Waals surface area contributed by atoms with Crippen molar-refractivity contribution < 1.29 is 19.1 Å². The average molecular weight is 401 g/mol. The highest BCUT2D eigenvalue weighted by Gasteiger charge is 2.34. The molecule has 2 amide bonds. The molecule has 1 N–H and O–H groups in total. The molecule has 1 fully saturated rings. The molecule has 0 bridgehead atoms. The number of anilines is 1. The Labute approximate surface area is 168 Å². The van der Waals surface area contributed by atoms with Gasteiger partial charge >= 0.3 is 5.97 Å². The topological polar surface area (TPSA) is 75.7 Å².